The molecule has 0 saturated heterocycles. The van der Waals surface area contributed by atoms with Crippen molar-refractivity contribution in [2.75, 3.05) is 13.0 Å². The summed E-state index contributed by atoms with van der Waals surface area (Å²) in [6, 6.07) is 5.91. The Morgan fingerprint density at radius 2 is 2.32 bits per heavy atom. The summed E-state index contributed by atoms with van der Waals surface area (Å²) in [4.78, 5) is 15.8. The number of ether oxygens (including phenoxy) is 1. The van der Waals surface area contributed by atoms with Gasteiger partial charge in [-0.05, 0) is 18.2 Å². The van der Waals surface area contributed by atoms with Crippen molar-refractivity contribution in [3.05, 3.63) is 28.5 Å². The number of benzene rings is 1. The molecule has 0 fully saturated rings. The van der Waals surface area contributed by atoms with Gasteiger partial charge in [-0.15, -0.1) is 11.6 Å². The van der Waals surface area contributed by atoms with E-state index in [0.717, 1.165) is 21.3 Å². The Balaban J connectivity index is 2.37. The van der Waals surface area contributed by atoms with Gasteiger partial charge in [0.15, 0.2) is 0 Å². The standard InChI is InChI=1S/C13H14BrClN2O2/c1-19-13(18)5-7-17-11-3-2-9(14)8-10(11)16-12(17)4-6-15/h2-3,8H,4-7H2,1H3. The molecule has 0 aliphatic heterocycles. The second-order valence-corrected chi connectivity index (χ2v) is 5.37. The van der Waals surface area contributed by atoms with Crippen LogP contribution in [0.15, 0.2) is 22.7 Å². The number of aryl methyl sites for hydroxylation is 2. The highest BCUT2D eigenvalue weighted by Gasteiger charge is 2.12. The van der Waals surface area contributed by atoms with Crippen LogP contribution in [0.1, 0.15) is 12.2 Å². The van der Waals surface area contributed by atoms with Gasteiger partial charge in [-0.1, -0.05) is 15.9 Å². The number of methoxy groups -OCH3 is 1. The maximum Gasteiger partial charge on any atom is 0.307 e. The maximum atomic E-state index is 11.3. The Morgan fingerprint density at radius 3 is 3.00 bits per heavy atom. The predicted octanol–water partition coefficient (Wildman–Crippen LogP) is 3.14. The van der Waals surface area contributed by atoms with Gasteiger partial charge >= 0.3 is 5.97 Å². The zero-order chi connectivity index (χ0) is 13.8. The lowest BCUT2D eigenvalue weighted by atomic mass is 10.3. The fourth-order valence-corrected chi connectivity index (χ4v) is 2.50. The minimum absolute atomic E-state index is 0.226. The zero-order valence-electron chi connectivity index (χ0n) is 10.5. The fraction of sp³-hybridized carbons (Fsp3) is 0.385. The Kier molecular flexibility index (Phi) is 4.82. The second kappa shape index (κ2) is 6.39. The van der Waals surface area contributed by atoms with Crippen LogP contribution in [0.4, 0.5) is 0 Å². The molecule has 0 unspecified atom stereocenters. The summed E-state index contributed by atoms with van der Waals surface area (Å²) >= 11 is 9.23. The highest BCUT2D eigenvalue weighted by molar-refractivity contribution is 9.10. The molecule has 1 aromatic heterocycles. The third kappa shape index (κ3) is 3.28. The number of imidazole rings is 1. The molecule has 2 aromatic rings. The molecule has 0 aliphatic carbocycles. The number of fused-ring (bicyclic) bond motifs is 1. The van der Waals surface area contributed by atoms with Crippen LogP contribution >= 0.6 is 27.5 Å². The second-order valence-electron chi connectivity index (χ2n) is 4.08. The van der Waals surface area contributed by atoms with Gasteiger partial charge in [-0.2, -0.15) is 0 Å². The number of carbonyl (C=O) groups is 1. The van der Waals surface area contributed by atoms with E-state index < -0.39 is 0 Å². The van der Waals surface area contributed by atoms with Crippen molar-refractivity contribution in [2.45, 2.75) is 19.4 Å². The van der Waals surface area contributed by atoms with Crippen molar-refractivity contribution in [1.82, 2.24) is 9.55 Å². The van der Waals surface area contributed by atoms with E-state index in [2.05, 4.69) is 25.7 Å². The molecule has 0 N–H and O–H groups in total. The first-order valence-corrected chi connectivity index (χ1v) is 7.26. The summed E-state index contributed by atoms with van der Waals surface area (Å²) in [5.74, 6) is 1.17. The van der Waals surface area contributed by atoms with E-state index >= 15 is 0 Å². The smallest absolute Gasteiger partial charge is 0.307 e. The molecule has 0 bridgehead atoms. The predicted molar refractivity (Wildman–Crippen MR) is 78.5 cm³/mol. The largest absolute Gasteiger partial charge is 0.469 e. The Hall–Kier alpha value is -1.07. The van der Waals surface area contributed by atoms with Gasteiger partial charge in [-0.3, -0.25) is 4.79 Å². The van der Waals surface area contributed by atoms with E-state index in [4.69, 9.17) is 11.6 Å². The molecular formula is C13H14BrClN2O2. The van der Waals surface area contributed by atoms with Crippen LogP contribution in [0.2, 0.25) is 0 Å². The van der Waals surface area contributed by atoms with Crippen molar-refractivity contribution < 1.29 is 9.53 Å². The van der Waals surface area contributed by atoms with Crippen LogP contribution in [0.25, 0.3) is 11.0 Å². The van der Waals surface area contributed by atoms with Crippen molar-refractivity contribution in [3.8, 4) is 0 Å². The van der Waals surface area contributed by atoms with Crippen LogP contribution in [0.3, 0.4) is 0 Å². The van der Waals surface area contributed by atoms with Gasteiger partial charge in [0.05, 0.1) is 24.6 Å². The lowest BCUT2D eigenvalue weighted by molar-refractivity contribution is -0.140. The van der Waals surface area contributed by atoms with Crippen molar-refractivity contribution in [1.29, 1.82) is 0 Å². The number of halogens is 2. The molecule has 4 nitrogen and oxygen atoms in total. The lowest BCUT2D eigenvalue weighted by Crippen LogP contribution is -2.10. The Morgan fingerprint density at radius 1 is 1.53 bits per heavy atom. The van der Waals surface area contributed by atoms with Crippen LogP contribution in [-0.4, -0.2) is 28.5 Å². The molecular weight excluding hydrogens is 332 g/mol. The fourth-order valence-electron chi connectivity index (χ4n) is 1.98. The SMILES string of the molecule is COC(=O)CCn1c(CCCl)nc2cc(Br)ccc21. The molecule has 1 aromatic carbocycles. The Bertz CT molecular complexity index is 598. The third-order valence-corrected chi connectivity index (χ3v) is 3.56. The number of hydrogen-bond acceptors (Lipinski definition) is 3. The molecule has 1 heterocycles. The van der Waals surface area contributed by atoms with E-state index in [1.165, 1.54) is 7.11 Å². The molecule has 19 heavy (non-hydrogen) atoms. The number of hydrogen-bond donors (Lipinski definition) is 0. The minimum Gasteiger partial charge on any atom is -0.469 e. The van der Waals surface area contributed by atoms with Crippen LogP contribution in [0, 0.1) is 0 Å². The molecule has 6 heteroatoms. The number of alkyl halides is 1. The van der Waals surface area contributed by atoms with Gasteiger partial charge in [0.25, 0.3) is 0 Å². The Labute approximate surface area is 124 Å². The van der Waals surface area contributed by atoms with Crippen LogP contribution < -0.4 is 0 Å². The van der Waals surface area contributed by atoms with E-state index in [0.29, 0.717) is 25.3 Å². The lowest BCUT2D eigenvalue weighted by Gasteiger charge is -2.07. The summed E-state index contributed by atoms with van der Waals surface area (Å²) < 4.78 is 7.68. The van der Waals surface area contributed by atoms with Crippen molar-refractivity contribution in [3.63, 3.8) is 0 Å². The molecule has 0 radical (unpaired) electrons. The van der Waals surface area contributed by atoms with Gasteiger partial charge < -0.3 is 9.30 Å². The summed E-state index contributed by atoms with van der Waals surface area (Å²) in [6.07, 6.45) is 1.00. The third-order valence-electron chi connectivity index (χ3n) is 2.87. The quantitative estimate of drug-likeness (QED) is 0.618. The van der Waals surface area contributed by atoms with E-state index in [1.807, 2.05) is 22.8 Å². The van der Waals surface area contributed by atoms with Crippen molar-refractivity contribution >= 4 is 44.5 Å². The average molecular weight is 346 g/mol. The van der Waals surface area contributed by atoms with Crippen LogP contribution in [-0.2, 0) is 22.5 Å². The number of nitrogens with zero attached hydrogens (tertiary/aromatic N) is 2. The van der Waals surface area contributed by atoms with Crippen LogP contribution in [0.5, 0.6) is 0 Å². The topological polar surface area (TPSA) is 44.1 Å². The number of carbonyl (C=O) groups excluding carboxylic acids is 1. The summed E-state index contributed by atoms with van der Waals surface area (Å²) in [5.41, 5.74) is 1.91. The molecule has 0 saturated carbocycles. The average Bonchev–Trinajstić information content (AvgIpc) is 2.73. The summed E-state index contributed by atoms with van der Waals surface area (Å²) in [5, 5.41) is 0. The maximum absolute atomic E-state index is 11.3. The highest BCUT2D eigenvalue weighted by atomic mass is 79.9. The first-order valence-electron chi connectivity index (χ1n) is 5.93. The van der Waals surface area contributed by atoms with Gasteiger partial charge in [0.1, 0.15) is 5.82 Å². The van der Waals surface area contributed by atoms with Gasteiger partial charge in [0, 0.05) is 23.3 Å². The summed E-state index contributed by atoms with van der Waals surface area (Å²) in [6.45, 7) is 0.553. The van der Waals surface area contributed by atoms with E-state index in [9.17, 15) is 4.79 Å². The summed E-state index contributed by atoms with van der Waals surface area (Å²) in [7, 11) is 1.39. The number of rotatable bonds is 5. The van der Waals surface area contributed by atoms with Gasteiger partial charge in [0.2, 0.25) is 0 Å². The molecule has 102 valence electrons. The van der Waals surface area contributed by atoms with Gasteiger partial charge in [-0.25, -0.2) is 4.98 Å². The molecule has 2 rings (SSSR count). The first kappa shape index (κ1) is 14.3. The van der Waals surface area contributed by atoms with Crippen molar-refractivity contribution in [2.24, 2.45) is 0 Å². The highest BCUT2D eigenvalue weighted by Crippen LogP contribution is 2.21. The molecule has 0 atom stereocenters. The van der Waals surface area contributed by atoms with E-state index in [-0.39, 0.29) is 5.97 Å². The van der Waals surface area contributed by atoms with E-state index in [1.54, 1.807) is 0 Å². The molecule has 0 spiro atoms. The minimum atomic E-state index is -0.226. The monoisotopic (exact) mass is 344 g/mol. The molecule has 0 aliphatic rings. The number of aromatic nitrogens is 2. The first-order chi connectivity index (χ1) is 9.15. The number of esters is 1. The zero-order valence-corrected chi connectivity index (χ0v) is 12.9. The normalized spacial score (nSPS) is 10.9. The molecule has 0 amide bonds.